The Labute approximate surface area is 176 Å². The van der Waals surface area contributed by atoms with Crippen molar-refractivity contribution in [3.8, 4) is 5.75 Å². The molecule has 1 aromatic carbocycles. The molecule has 1 aromatic heterocycles. The third-order valence-corrected chi connectivity index (χ3v) is 5.02. The zero-order chi connectivity index (χ0) is 21.3. The second kappa shape index (κ2) is 10.8. The Balaban J connectivity index is 1.66. The van der Waals surface area contributed by atoms with E-state index in [0.29, 0.717) is 51.1 Å². The molecule has 0 radical (unpaired) electrons. The maximum absolute atomic E-state index is 12.7. The molecule has 3 rings (SSSR count). The zero-order valence-electron chi connectivity index (χ0n) is 17.4. The predicted molar refractivity (Wildman–Crippen MR) is 111 cm³/mol. The van der Waals surface area contributed by atoms with Crippen molar-refractivity contribution in [3.05, 3.63) is 46.8 Å². The van der Waals surface area contributed by atoms with E-state index in [1.165, 1.54) is 12.1 Å². The summed E-state index contributed by atoms with van der Waals surface area (Å²) in [5.41, 5.74) is 2.51. The highest BCUT2D eigenvalue weighted by Gasteiger charge is 2.23. The van der Waals surface area contributed by atoms with Crippen LogP contribution in [0, 0.1) is 0 Å². The Hall–Kier alpha value is -2.87. The number of phenolic OH excluding ortho intramolecular Hbond substituents is 1. The third-order valence-electron chi connectivity index (χ3n) is 5.02. The van der Waals surface area contributed by atoms with Gasteiger partial charge in [0, 0.05) is 32.7 Å². The molecule has 8 nitrogen and oxygen atoms in total. The number of benzene rings is 1. The molecule has 2 heterocycles. The van der Waals surface area contributed by atoms with Gasteiger partial charge in [0.25, 0.3) is 5.91 Å². The molecule has 30 heavy (non-hydrogen) atoms. The van der Waals surface area contributed by atoms with E-state index in [0.717, 1.165) is 24.2 Å². The van der Waals surface area contributed by atoms with Gasteiger partial charge in [0.15, 0.2) is 0 Å². The summed E-state index contributed by atoms with van der Waals surface area (Å²) < 4.78 is 12.8. The number of aromatic hydroxyl groups is 1. The lowest BCUT2D eigenvalue weighted by Gasteiger charge is -2.10. The maximum Gasteiger partial charge on any atom is 0.341 e. The fourth-order valence-electron chi connectivity index (χ4n) is 3.51. The Morgan fingerprint density at radius 2 is 2.10 bits per heavy atom. The van der Waals surface area contributed by atoms with Crippen LogP contribution in [0.1, 0.15) is 58.3 Å². The molecular weight excluding hydrogens is 386 g/mol. The van der Waals surface area contributed by atoms with Gasteiger partial charge < -0.3 is 19.9 Å². The van der Waals surface area contributed by atoms with Gasteiger partial charge in [-0.15, -0.1) is 0 Å². The SMILES string of the molecule is CCc1nn(CCCOC(=O)c2ccccc2O)c2c1C(=O)NCCCOCCC2. The summed E-state index contributed by atoms with van der Waals surface area (Å²) in [6, 6.07) is 6.30. The fraction of sp³-hybridized carbons (Fsp3) is 0.500. The van der Waals surface area contributed by atoms with Crippen molar-refractivity contribution >= 4 is 11.9 Å². The molecule has 2 aromatic rings. The minimum atomic E-state index is -0.557. The molecule has 0 saturated heterocycles. The van der Waals surface area contributed by atoms with Crippen LogP contribution in [0.3, 0.4) is 0 Å². The number of para-hydroxylation sites is 1. The van der Waals surface area contributed by atoms with Crippen molar-refractivity contribution < 1.29 is 24.2 Å². The van der Waals surface area contributed by atoms with E-state index in [2.05, 4.69) is 10.4 Å². The minimum Gasteiger partial charge on any atom is -0.507 e. The highest BCUT2D eigenvalue weighted by molar-refractivity contribution is 5.96. The molecule has 1 aliphatic heterocycles. The smallest absolute Gasteiger partial charge is 0.341 e. The summed E-state index contributed by atoms with van der Waals surface area (Å²) in [4.78, 5) is 24.9. The van der Waals surface area contributed by atoms with E-state index in [4.69, 9.17) is 9.47 Å². The number of aryl methyl sites for hydroxylation is 2. The molecule has 1 aliphatic rings. The van der Waals surface area contributed by atoms with E-state index in [1.807, 2.05) is 11.6 Å². The van der Waals surface area contributed by atoms with Gasteiger partial charge in [-0.3, -0.25) is 9.48 Å². The van der Waals surface area contributed by atoms with Crippen LogP contribution in [0.2, 0.25) is 0 Å². The van der Waals surface area contributed by atoms with Crippen molar-refractivity contribution in [1.82, 2.24) is 15.1 Å². The molecule has 2 N–H and O–H groups in total. The fourth-order valence-corrected chi connectivity index (χ4v) is 3.51. The lowest BCUT2D eigenvalue weighted by atomic mass is 10.1. The quantitative estimate of drug-likeness (QED) is 0.555. The van der Waals surface area contributed by atoms with Crippen LogP contribution in [-0.4, -0.2) is 53.1 Å². The Morgan fingerprint density at radius 3 is 2.90 bits per heavy atom. The molecule has 0 bridgehead atoms. The lowest BCUT2D eigenvalue weighted by molar-refractivity contribution is 0.0491. The number of amides is 1. The third kappa shape index (κ3) is 5.38. The van der Waals surface area contributed by atoms with E-state index >= 15 is 0 Å². The number of esters is 1. The summed E-state index contributed by atoms with van der Waals surface area (Å²) >= 11 is 0. The Kier molecular flexibility index (Phi) is 7.84. The van der Waals surface area contributed by atoms with E-state index in [9.17, 15) is 14.7 Å². The van der Waals surface area contributed by atoms with Crippen molar-refractivity contribution in [2.24, 2.45) is 0 Å². The summed E-state index contributed by atoms with van der Waals surface area (Å²) in [7, 11) is 0. The maximum atomic E-state index is 12.7. The number of nitrogens with one attached hydrogen (secondary N) is 1. The first-order valence-corrected chi connectivity index (χ1v) is 10.5. The van der Waals surface area contributed by atoms with Gasteiger partial charge in [0.05, 0.1) is 23.6 Å². The van der Waals surface area contributed by atoms with Crippen molar-refractivity contribution in [3.63, 3.8) is 0 Å². The molecule has 0 unspecified atom stereocenters. The minimum absolute atomic E-state index is 0.0824. The number of hydrogen-bond acceptors (Lipinski definition) is 6. The second-order valence-corrected chi connectivity index (χ2v) is 7.18. The van der Waals surface area contributed by atoms with Gasteiger partial charge in [-0.25, -0.2) is 4.79 Å². The monoisotopic (exact) mass is 415 g/mol. The van der Waals surface area contributed by atoms with Gasteiger partial charge >= 0.3 is 5.97 Å². The molecule has 8 heteroatoms. The number of ether oxygens (including phenoxy) is 2. The van der Waals surface area contributed by atoms with Crippen LogP contribution in [-0.2, 0) is 28.9 Å². The molecular formula is C22H29N3O5. The van der Waals surface area contributed by atoms with Gasteiger partial charge in [0.2, 0.25) is 0 Å². The number of aromatic nitrogens is 2. The molecule has 1 amide bonds. The first kappa shape index (κ1) is 21.8. The van der Waals surface area contributed by atoms with Gasteiger partial charge in [-0.1, -0.05) is 19.1 Å². The molecule has 0 atom stereocenters. The van der Waals surface area contributed by atoms with Crippen molar-refractivity contribution in [1.29, 1.82) is 0 Å². The molecule has 0 saturated carbocycles. The number of nitrogens with zero attached hydrogens (tertiary/aromatic N) is 2. The predicted octanol–water partition coefficient (Wildman–Crippen LogP) is 2.48. The van der Waals surface area contributed by atoms with Crippen LogP contribution in [0.15, 0.2) is 24.3 Å². The molecule has 0 spiro atoms. The normalized spacial score (nSPS) is 15.0. The summed E-state index contributed by atoms with van der Waals surface area (Å²) in [5.74, 6) is -0.737. The number of hydrogen-bond donors (Lipinski definition) is 2. The van der Waals surface area contributed by atoms with Crippen LogP contribution < -0.4 is 5.32 Å². The standard InChI is InChI=1S/C22H29N3O5/c1-2-17-20-18(9-5-13-29-14-6-11-23-21(20)27)25(24-17)12-7-15-30-22(28)16-8-3-4-10-19(16)26/h3-4,8,10,26H,2,5-7,9,11-15H2,1H3,(H,23,27). The number of rotatable bonds is 6. The average Bonchev–Trinajstić information content (AvgIpc) is 3.08. The van der Waals surface area contributed by atoms with Crippen LogP contribution in [0.4, 0.5) is 0 Å². The summed E-state index contributed by atoms with van der Waals surface area (Å²) in [6.45, 7) is 4.59. The highest BCUT2D eigenvalue weighted by Crippen LogP contribution is 2.19. The lowest BCUT2D eigenvalue weighted by Crippen LogP contribution is -2.26. The topological polar surface area (TPSA) is 103 Å². The number of phenols is 1. The van der Waals surface area contributed by atoms with Crippen molar-refractivity contribution in [2.75, 3.05) is 26.4 Å². The number of carbonyl (C=O) groups is 2. The van der Waals surface area contributed by atoms with Crippen LogP contribution in [0.5, 0.6) is 5.75 Å². The van der Waals surface area contributed by atoms with Gasteiger partial charge in [-0.05, 0) is 37.8 Å². The van der Waals surface area contributed by atoms with E-state index in [-0.39, 0.29) is 23.8 Å². The largest absolute Gasteiger partial charge is 0.507 e. The molecule has 0 fully saturated rings. The first-order chi connectivity index (χ1) is 14.6. The van der Waals surface area contributed by atoms with E-state index in [1.54, 1.807) is 12.1 Å². The van der Waals surface area contributed by atoms with Gasteiger partial charge in [0.1, 0.15) is 11.3 Å². The second-order valence-electron chi connectivity index (χ2n) is 7.18. The number of carbonyl (C=O) groups excluding carboxylic acids is 2. The average molecular weight is 415 g/mol. The first-order valence-electron chi connectivity index (χ1n) is 10.5. The Bertz CT molecular complexity index is 878. The van der Waals surface area contributed by atoms with E-state index < -0.39 is 5.97 Å². The van der Waals surface area contributed by atoms with Crippen molar-refractivity contribution in [2.45, 2.75) is 45.6 Å². The van der Waals surface area contributed by atoms with Gasteiger partial charge in [-0.2, -0.15) is 5.10 Å². The molecule has 162 valence electrons. The number of fused-ring (bicyclic) bond motifs is 1. The Morgan fingerprint density at radius 1 is 1.30 bits per heavy atom. The zero-order valence-corrected chi connectivity index (χ0v) is 17.4. The summed E-state index contributed by atoms with van der Waals surface area (Å²) in [5, 5.41) is 17.4. The van der Waals surface area contributed by atoms with Crippen LogP contribution >= 0.6 is 0 Å². The van der Waals surface area contributed by atoms with Crippen LogP contribution in [0.25, 0.3) is 0 Å². The molecule has 0 aliphatic carbocycles. The summed E-state index contributed by atoms with van der Waals surface area (Å²) in [6.07, 6.45) is 3.53. The highest BCUT2D eigenvalue weighted by atomic mass is 16.5.